The number of rotatable bonds is 5. The van der Waals surface area contributed by atoms with E-state index in [4.69, 9.17) is 4.74 Å². The Labute approximate surface area is 87.3 Å². The van der Waals surface area contributed by atoms with Gasteiger partial charge in [0.1, 0.15) is 0 Å². The van der Waals surface area contributed by atoms with Crippen molar-refractivity contribution in [2.24, 2.45) is 5.41 Å². The van der Waals surface area contributed by atoms with Crippen LogP contribution in [-0.4, -0.2) is 12.6 Å². The second kappa shape index (κ2) is 5.84. The third kappa shape index (κ3) is 5.05. The highest BCUT2D eigenvalue weighted by atomic mass is 16.5. The molecule has 0 radical (unpaired) electrons. The predicted molar refractivity (Wildman–Crippen MR) is 59.1 cm³/mol. The number of hydrogen-bond acceptors (Lipinski definition) is 2. The van der Waals surface area contributed by atoms with E-state index < -0.39 is 0 Å². The van der Waals surface area contributed by atoms with E-state index in [0.29, 0.717) is 6.61 Å². The fourth-order valence-electron chi connectivity index (χ4n) is 1.15. The van der Waals surface area contributed by atoms with Crippen LogP contribution in [0.3, 0.4) is 0 Å². The van der Waals surface area contributed by atoms with Gasteiger partial charge in [-0.25, -0.2) is 0 Å². The van der Waals surface area contributed by atoms with Crippen LogP contribution in [0.2, 0.25) is 0 Å². The highest BCUT2D eigenvalue weighted by Gasteiger charge is 2.27. The topological polar surface area (TPSA) is 26.3 Å². The fourth-order valence-corrected chi connectivity index (χ4v) is 1.15. The third-order valence-corrected chi connectivity index (χ3v) is 2.15. The maximum absolute atomic E-state index is 11.5. The minimum absolute atomic E-state index is 0.0952. The van der Waals surface area contributed by atoms with Crippen molar-refractivity contribution in [1.29, 1.82) is 0 Å². The Bertz CT molecular complexity index is 210. The van der Waals surface area contributed by atoms with Gasteiger partial charge in [-0.2, -0.15) is 0 Å². The third-order valence-electron chi connectivity index (χ3n) is 2.15. The molecule has 0 rings (SSSR count). The zero-order valence-corrected chi connectivity index (χ0v) is 10.0. The number of hydrogen-bond donors (Lipinski definition) is 0. The average Bonchev–Trinajstić information content (AvgIpc) is 2.03. The van der Waals surface area contributed by atoms with E-state index in [-0.39, 0.29) is 11.4 Å². The first-order chi connectivity index (χ1) is 6.40. The molecule has 0 aliphatic heterocycles. The van der Waals surface area contributed by atoms with Crippen LogP contribution in [0, 0.1) is 5.41 Å². The van der Waals surface area contributed by atoms with E-state index in [0.717, 1.165) is 12.8 Å². The van der Waals surface area contributed by atoms with Crippen molar-refractivity contribution in [3.63, 3.8) is 0 Å². The molecule has 2 heteroatoms. The fraction of sp³-hybridized carbons (Fsp3) is 0.750. The van der Waals surface area contributed by atoms with Gasteiger partial charge in [-0.3, -0.25) is 4.79 Å². The zero-order valence-electron chi connectivity index (χ0n) is 10.0. The van der Waals surface area contributed by atoms with Gasteiger partial charge in [0.15, 0.2) is 0 Å². The molecule has 0 fully saturated rings. The highest BCUT2D eigenvalue weighted by Crippen LogP contribution is 2.24. The van der Waals surface area contributed by atoms with Crippen LogP contribution < -0.4 is 0 Å². The largest absolute Gasteiger partial charge is 0.466 e. The Morgan fingerprint density at radius 1 is 1.36 bits per heavy atom. The van der Waals surface area contributed by atoms with Crippen LogP contribution in [0.15, 0.2) is 11.6 Å². The van der Waals surface area contributed by atoms with Crippen LogP contribution in [-0.2, 0) is 9.53 Å². The first kappa shape index (κ1) is 13.2. The number of allylic oxidation sites excluding steroid dienone is 2. The smallest absolute Gasteiger partial charge is 0.311 e. The molecule has 0 aliphatic rings. The second-order valence-corrected chi connectivity index (χ2v) is 4.42. The molecule has 0 aliphatic carbocycles. The molecule has 14 heavy (non-hydrogen) atoms. The quantitative estimate of drug-likeness (QED) is 0.500. The highest BCUT2D eigenvalue weighted by molar-refractivity contribution is 5.75. The summed E-state index contributed by atoms with van der Waals surface area (Å²) in [5, 5.41) is 0. The van der Waals surface area contributed by atoms with Crippen LogP contribution in [0.1, 0.15) is 47.5 Å². The lowest BCUT2D eigenvalue weighted by atomic mass is 9.87. The van der Waals surface area contributed by atoms with Gasteiger partial charge in [0, 0.05) is 0 Å². The van der Waals surface area contributed by atoms with Crippen LogP contribution in [0.4, 0.5) is 0 Å². The van der Waals surface area contributed by atoms with Gasteiger partial charge in [-0.15, -0.1) is 0 Å². The second-order valence-electron chi connectivity index (χ2n) is 4.42. The van der Waals surface area contributed by atoms with E-state index in [1.807, 2.05) is 20.8 Å². The molecule has 0 aromatic heterocycles. The van der Waals surface area contributed by atoms with Gasteiger partial charge in [0.05, 0.1) is 12.0 Å². The predicted octanol–water partition coefficient (Wildman–Crippen LogP) is 3.32. The standard InChI is InChI=1S/C12H22O2/c1-6-14-11(13)12(4,5)9-7-8-10(2)3/h8H,6-7,9H2,1-5H3. The Kier molecular flexibility index (Phi) is 5.51. The summed E-state index contributed by atoms with van der Waals surface area (Å²) in [6.07, 6.45) is 3.94. The molecular weight excluding hydrogens is 176 g/mol. The summed E-state index contributed by atoms with van der Waals surface area (Å²) in [5.41, 5.74) is 0.937. The molecule has 0 spiro atoms. The monoisotopic (exact) mass is 198 g/mol. The summed E-state index contributed by atoms with van der Waals surface area (Å²) in [5.74, 6) is -0.0952. The number of ether oxygens (including phenoxy) is 1. The Balaban J connectivity index is 4.06. The maximum Gasteiger partial charge on any atom is 0.311 e. The number of carbonyl (C=O) groups excluding carboxylic acids is 1. The van der Waals surface area contributed by atoms with Crippen molar-refractivity contribution in [1.82, 2.24) is 0 Å². The van der Waals surface area contributed by atoms with Crippen molar-refractivity contribution in [2.75, 3.05) is 6.61 Å². The number of carbonyl (C=O) groups is 1. The molecule has 0 aromatic carbocycles. The van der Waals surface area contributed by atoms with Crippen molar-refractivity contribution in [2.45, 2.75) is 47.5 Å². The van der Waals surface area contributed by atoms with Crippen molar-refractivity contribution in [3.8, 4) is 0 Å². The lowest BCUT2D eigenvalue weighted by Crippen LogP contribution is -2.26. The lowest BCUT2D eigenvalue weighted by Gasteiger charge is -2.21. The minimum Gasteiger partial charge on any atom is -0.466 e. The summed E-state index contributed by atoms with van der Waals surface area (Å²) in [7, 11) is 0. The van der Waals surface area contributed by atoms with E-state index in [1.165, 1.54) is 5.57 Å². The van der Waals surface area contributed by atoms with Gasteiger partial charge < -0.3 is 4.74 Å². The van der Waals surface area contributed by atoms with Crippen LogP contribution in [0.5, 0.6) is 0 Å². The van der Waals surface area contributed by atoms with Crippen LogP contribution >= 0.6 is 0 Å². The Morgan fingerprint density at radius 3 is 2.36 bits per heavy atom. The van der Waals surface area contributed by atoms with Gasteiger partial charge in [0.2, 0.25) is 0 Å². The first-order valence-electron chi connectivity index (χ1n) is 5.20. The van der Waals surface area contributed by atoms with E-state index >= 15 is 0 Å². The molecule has 0 saturated carbocycles. The molecule has 0 atom stereocenters. The Hall–Kier alpha value is -0.790. The zero-order chi connectivity index (χ0) is 11.2. The lowest BCUT2D eigenvalue weighted by molar-refractivity contribution is -0.153. The molecule has 0 N–H and O–H groups in total. The molecule has 2 nitrogen and oxygen atoms in total. The first-order valence-corrected chi connectivity index (χ1v) is 5.20. The molecule has 0 aromatic rings. The molecule has 0 heterocycles. The normalized spacial score (nSPS) is 10.9. The Morgan fingerprint density at radius 2 is 1.93 bits per heavy atom. The summed E-state index contributed by atoms with van der Waals surface area (Å²) in [6.45, 7) is 10.3. The van der Waals surface area contributed by atoms with Gasteiger partial charge in [-0.05, 0) is 47.5 Å². The van der Waals surface area contributed by atoms with Crippen molar-refractivity contribution >= 4 is 5.97 Å². The average molecular weight is 198 g/mol. The molecule has 0 unspecified atom stereocenters. The van der Waals surface area contributed by atoms with Gasteiger partial charge >= 0.3 is 5.97 Å². The molecular formula is C12H22O2. The van der Waals surface area contributed by atoms with Crippen LogP contribution in [0.25, 0.3) is 0 Å². The number of esters is 1. The summed E-state index contributed by atoms with van der Waals surface area (Å²) in [6, 6.07) is 0. The summed E-state index contributed by atoms with van der Waals surface area (Å²) in [4.78, 5) is 11.5. The molecule has 0 amide bonds. The molecule has 82 valence electrons. The summed E-state index contributed by atoms with van der Waals surface area (Å²) >= 11 is 0. The van der Waals surface area contributed by atoms with Gasteiger partial charge in [-0.1, -0.05) is 11.6 Å². The SMILES string of the molecule is CCOC(=O)C(C)(C)CCC=C(C)C. The van der Waals surface area contributed by atoms with E-state index in [2.05, 4.69) is 19.9 Å². The van der Waals surface area contributed by atoms with E-state index in [9.17, 15) is 4.79 Å². The molecule has 0 saturated heterocycles. The van der Waals surface area contributed by atoms with Gasteiger partial charge in [0.25, 0.3) is 0 Å². The minimum atomic E-state index is -0.359. The van der Waals surface area contributed by atoms with Crippen molar-refractivity contribution in [3.05, 3.63) is 11.6 Å². The molecule has 0 bridgehead atoms. The maximum atomic E-state index is 11.5. The van der Waals surface area contributed by atoms with E-state index in [1.54, 1.807) is 0 Å². The summed E-state index contributed by atoms with van der Waals surface area (Å²) < 4.78 is 5.00. The van der Waals surface area contributed by atoms with Crippen molar-refractivity contribution < 1.29 is 9.53 Å².